The number of aromatic nitrogens is 1. The van der Waals surface area contributed by atoms with Crippen LogP contribution in [0.2, 0.25) is 5.02 Å². The second kappa shape index (κ2) is 7.62. The molecular formula is C19H23ClFN3OS. The second-order valence-corrected chi connectivity index (χ2v) is 8.32. The van der Waals surface area contributed by atoms with Crippen LogP contribution in [0, 0.1) is 19.7 Å². The van der Waals surface area contributed by atoms with Gasteiger partial charge in [-0.15, -0.1) is 11.3 Å². The van der Waals surface area contributed by atoms with Crippen molar-refractivity contribution >= 4 is 28.8 Å². The summed E-state index contributed by atoms with van der Waals surface area (Å²) in [6.07, 6.45) is 0. The number of halogens is 2. The molecule has 0 N–H and O–H groups in total. The number of thiazole rings is 1. The number of carbonyl (C=O) groups is 1. The van der Waals surface area contributed by atoms with Crippen LogP contribution in [0.15, 0.2) is 12.1 Å². The Morgan fingerprint density at radius 1 is 1.23 bits per heavy atom. The highest BCUT2D eigenvalue weighted by molar-refractivity contribution is 7.17. The largest absolute Gasteiger partial charge is 0.335 e. The summed E-state index contributed by atoms with van der Waals surface area (Å²) in [4.78, 5) is 22.3. The maximum atomic E-state index is 13.8. The molecule has 1 aliphatic heterocycles. The predicted molar refractivity (Wildman–Crippen MR) is 105 cm³/mol. The summed E-state index contributed by atoms with van der Waals surface area (Å²) in [6, 6.07) is 3.26. The molecule has 0 bridgehead atoms. The minimum atomic E-state index is -0.354. The molecule has 1 amide bonds. The van der Waals surface area contributed by atoms with Gasteiger partial charge in [-0.2, -0.15) is 0 Å². The number of nitrogens with zero attached hydrogens (tertiary/aromatic N) is 3. The van der Waals surface area contributed by atoms with E-state index in [9.17, 15) is 9.18 Å². The van der Waals surface area contributed by atoms with Crippen LogP contribution in [-0.4, -0.2) is 52.9 Å². The molecule has 1 fully saturated rings. The number of hydrogen-bond donors (Lipinski definition) is 0. The topological polar surface area (TPSA) is 36.4 Å². The Hall–Kier alpha value is -1.50. The van der Waals surface area contributed by atoms with E-state index in [0.717, 1.165) is 13.1 Å². The van der Waals surface area contributed by atoms with Crippen LogP contribution in [0.1, 0.15) is 34.8 Å². The van der Waals surface area contributed by atoms with Crippen molar-refractivity contribution in [3.8, 4) is 10.6 Å². The molecule has 1 aromatic carbocycles. The summed E-state index contributed by atoms with van der Waals surface area (Å²) in [5.74, 6) is -0.355. The Balaban J connectivity index is 1.84. The quantitative estimate of drug-likeness (QED) is 0.773. The highest BCUT2D eigenvalue weighted by Gasteiger charge is 2.27. The number of aryl methyl sites for hydroxylation is 2. The van der Waals surface area contributed by atoms with E-state index in [0.29, 0.717) is 50.9 Å². The molecule has 2 heterocycles. The van der Waals surface area contributed by atoms with Crippen molar-refractivity contribution in [2.24, 2.45) is 0 Å². The van der Waals surface area contributed by atoms with Crippen LogP contribution >= 0.6 is 22.9 Å². The van der Waals surface area contributed by atoms with Gasteiger partial charge in [0, 0.05) is 37.8 Å². The lowest BCUT2D eigenvalue weighted by Crippen LogP contribution is -2.50. The number of amides is 1. The van der Waals surface area contributed by atoms with Crippen LogP contribution in [0.5, 0.6) is 0 Å². The van der Waals surface area contributed by atoms with E-state index in [1.54, 1.807) is 6.92 Å². The fraction of sp³-hybridized carbons (Fsp3) is 0.474. The molecule has 0 spiro atoms. The Labute approximate surface area is 162 Å². The Morgan fingerprint density at radius 3 is 2.50 bits per heavy atom. The summed E-state index contributed by atoms with van der Waals surface area (Å²) in [5.41, 5.74) is 1.87. The van der Waals surface area contributed by atoms with Gasteiger partial charge in [0.25, 0.3) is 5.91 Å². The van der Waals surface area contributed by atoms with Gasteiger partial charge < -0.3 is 4.90 Å². The molecule has 1 aromatic heterocycles. The lowest BCUT2D eigenvalue weighted by molar-refractivity contribution is 0.0599. The number of benzene rings is 1. The number of rotatable bonds is 3. The zero-order valence-electron chi connectivity index (χ0n) is 15.5. The zero-order valence-corrected chi connectivity index (χ0v) is 17.0. The van der Waals surface area contributed by atoms with Gasteiger partial charge in [-0.1, -0.05) is 11.6 Å². The third-order valence-electron chi connectivity index (χ3n) is 4.77. The normalized spacial score (nSPS) is 15.7. The minimum absolute atomic E-state index is 0.00102. The average molecular weight is 396 g/mol. The first-order valence-electron chi connectivity index (χ1n) is 8.74. The molecule has 1 aliphatic rings. The first kappa shape index (κ1) is 19.3. The minimum Gasteiger partial charge on any atom is -0.335 e. The molecule has 2 aromatic rings. The molecule has 7 heteroatoms. The van der Waals surface area contributed by atoms with E-state index >= 15 is 0 Å². The Kier molecular flexibility index (Phi) is 5.65. The molecular weight excluding hydrogens is 373 g/mol. The fourth-order valence-electron chi connectivity index (χ4n) is 3.18. The number of carbonyl (C=O) groups excluding carboxylic acids is 1. The molecule has 140 valence electrons. The van der Waals surface area contributed by atoms with Gasteiger partial charge in [-0.3, -0.25) is 9.69 Å². The third kappa shape index (κ3) is 3.77. The second-order valence-electron chi connectivity index (χ2n) is 6.94. The fourth-order valence-corrected chi connectivity index (χ4v) is 4.49. The monoisotopic (exact) mass is 395 g/mol. The van der Waals surface area contributed by atoms with Crippen LogP contribution in [0.3, 0.4) is 0 Å². The smallest absolute Gasteiger partial charge is 0.265 e. The standard InChI is InChI=1S/C19H23ClFN3OS/c1-11(2)23-5-7-24(8-6-23)19(25)17-13(4)22-18(26-17)15-10-14(21)9-12(3)16(15)20/h9-11H,5-8H2,1-4H3. The average Bonchev–Trinajstić information content (AvgIpc) is 2.99. The SMILES string of the molecule is Cc1cc(F)cc(-c2nc(C)c(C(=O)N3CCN(C(C)C)CC3)s2)c1Cl. The van der Waals surface area contributed by atoms with E-state index < -0.39 is 0 Å². The van der Waals surface area contributed by atoms with Crippen LogP contribution in [0.25, 0.3) is 10.6 Å². The van der Waals surface area contributed by atoms with Crippen LogP contribution in [0.4, 0.5) is 4.39 Å². The van der Waals surface area contributed by atoms with Crippen molar-refractivity contribution < 1.29 is 9.18 Å². The van der Waals surface area contributed by atoms with Gasteiger partial charge in [-0.25, -0.2) is 9.37 Å². The van der Waals surface area contributed by atoms with E-state index in [4.69, 9.17) is 11.6 Å². The van der Waals surface area contributed by atoms with Gasteiger partial charge in [0.1, 0.15) is 15.7 Å². The van der Waals surface area contributed by atoms with E-state index in [1.165, 1.54) is 23.5 Å². The van der Waals surface area contributed by atoms with Gasteiger partial charge >= 0.3 is 0 Å². The predicted octanol–water partition coefficient (Wildman–Crippen LogP) is 4.39. The maximum absolute atomic E-state index is 13.8. The van der Waals surface area contributed by atoms with Gasteiger partial charge in [0.15, 0.2) is 0 Å². The summed E-state index contributed by atoms with van der Waals surface area (Å²) in [7, 11) is 0. The molecule has 1 saturated heterocycles. The number of hydrogen-bond acceptors (Lipinski definition) is 4. The molecule has 0 radical (unpaired) electrons. The first-order valence-corrected chi connectivity index (χ1v) is 9.94. The highest BCUT2D eigenvalue weighted by atomic mass is 35.5. The Bertz CT molecular complexity index is 828. The Morgan fingerprint density at radius 2 is 1.88 bits per heavy atom. The first-order chi connectivity index (χ1) is 12.3. The summed E-state index contributed by atoms with van der Waals surface area (Å²) >= 11 is 7.62. The number of piperazine rings is 1. The molecule has 3 rings (SSSR count). The van der Waals surface area contributed by atoms with Crippen molar-refractivity contribution in [3.63, 3.8) is 0 Å². The van der Waals surface area contributed by atoms with Crippen molar-refractivity contribution in [1.82, 2.24) is 14.8 Å². The molecule has 0 atom stereocenters. The van der Waals surface area contributed by atoms with E-state index in [-0.39, 0.29) is 11.7 Å². The zero-order chi connectivity index (χ0) is 19.0. The summed E-state index contributed by atoms with van der Waals surface area (Å²) < 4.78 is 13.8. The molecule has 0 unspecified atom stereocenters. The van der Waals surface area contributed by atoms with Gasteiger partial charge in [0.05, 0.1) is 10.7 Å². The summed E-state index contributed by atoms with van der Waals surface area (Å²) in [6.45, 7) is 11.1. The molecule has 0 saturated carbocycles. The van der Waals surface area contributed by atoms with Gasteiger partial charge in [-0.05, 0) is 45.4 Å². The lowest BCUT2D eigenvalue weighted by Gasteiger charge is -2.36. The summed E-state index contributed by atoms with van der Waals surface area (Å²) in [5, 5.41) is 1.06. The van der Waals surface area contributed by atoms with Crippen molar-refractivity contribution in [2.45, 2.75) is 33.7 Å². The maximum Gasteiger partial charge on any atom is 0.265 e. The van der Waals surface area contributed by atoms with Crippen LogP contribution < -0.4 is 0 Å². The highest BCUT2D eigenvalue weighted by Crippen LogP contribution is 2.35. The van der Waals surface area contributed by atoms with Crippen molar-refractivity contribution in [1.29, 1.82) is 0 Å². The van der Waals surface area contributed by atoms with E-state index in [1.807, 2.05) is 11.8 Å². The molecule has 0 aliphatic carbocycles. The van der Waals surface area contributed by atoms with E-state index in [2.05, 4.69) is 23.7 Å². The lowest BCUT2D eigenvalue weighted by atomic mass is 10.1. The third-order valence-corrected chi connectivity index (χ3v) is 6.45. The van der Waals surface area contributed by atoms with Crippen molar-refractivity contribution in [3.05, 3.63) is 39.1 Å². The van der Waals surface area contributed by atoms with Crippen molar-refractivity contribution in [2.75, 3.05) is 26.2 Å². The molecule has 4 nitrogen and oxygen atoms in total. The van der Waals surface area contributed by atoms with Crippen LogP contribution in [-0.2, 0) is 0 Å². The van der Waals surface area contributed by atoms with Gasteiger partial charge in [0.2, 0.25) is 0 Å². The molecule has 26 heavy (non-hydrogen) atoms.